The molecule has 1 heterocycles. The van der Waals surface area contributed by atoms with Crippen molar-refractivity contribution in [3.8, 4) is 0 Å². The van der Waals surface area contributed by atoms with Gasteiger partial charge in [-0.15, -0.1) is 0 Å². The Kier molecular flexibility index (Phi) is 3.34. The zero-order valence-corrected chi connectivity index (χ0v) is 7.84. The van der Waals surface area contributed by atoms with Gasteiger partial charge in [-0.3, -0.25) is 0 Å². The number of ether oxygens (including phenoxy) is 1. The molecule has 2 nitrogen and oxygen atoms in total. The first kappa shape index (κ1) is 9.01. The summed E-state index contributed by atoms with van der Waals surface area (Å²) in [6.45, 7) is 3.47. The molecule has 0 aromatic rings. The fourth-order valence-corrected chi connectivity index (χ4v) is 1.60. The molecule has 1 aliphatic heterocycles. The second-order valence-electron chi connectivity index (χ2n) is 3.55. The monoisotopic (exact) mass is 157 g/mol. The molecule has 0 bridgehead atoms. The maximum Gasteiger partial charge on any atom is 0.0584 e. The van der Waals surface area contributed by atoms with Crippen LogP contribution in [0.2, 0.25) is 0 Å². The molecule has 1 aliphatic rings. The number of hydrogen-bond acceptors (Lipinski definition) is 2. The van der Waals surface area contributed by atoms with E-state index in [1.807, 2.05) is 7.11 Å². The first-order chi connectivity index (χ1) is 5.24. The summed E-state index contributed by atoms with van der Waals surface area (Å²) in [7, 11) is 4.02. The molecule has 0 aliphatic carbocycles. The number of hydrogen-bond donors (Lipinski definition) is 0. The minimum atomic E-state index is 0.502. The number of likely N-dealkylation sites (tertiary alicyclic amines) is 1. The molecule has 0 radical (unpaired) electrons. The SMILES string of the molecule is COC1CCC(C)N(C)CC1. The van der Waals surface area contributed by atoms with Crippen molar-refractivity contribution in [1.29, 1.82) is 0 Å². The van der Waals surface area contributed by atoms with E-state index >= 15 is 0 Å². The second kappa shape index (κ2) is 4.07. The van der Waals surface area contributed by atoms with Gasteiger partial charge in [0.25, 0.3) is 0 Å². The summed E-state index contributed by atoms with van der Waals surface area (Å²) in [5, 5.41) is 0. The lowest BCUT2D eigenvalue weighted by molar-refractivity contribution is 0.0905. The Balaban J connectivity index is 2.38. The molecule has 2 unspecified atom stereocenters. The van der Waals surface area contributed by atoms with E-state index in [4.69, 9.17) is 4.74 Å². The van der Waals surface area contributed by atoms with Crippen LogP contribution in [0.4, 0.5) is 0 Å². The Hall–Kier alpha value is -0.0800. The second-order valence-corrected chi connectivity index (χ2v) is 3.55. The van der Waals surface area contributed by atoms with E-state index in [1.165, 1.54) is 25.8 Å². The van der Waals surface area contributed by atoms with Crippen molar-refractivity contribution in [1.82, 2.24) is 4.90 Å². The van der Waals surface area contributed by atoms with Crippen molar-refractivity contribution in [2.75, 3.05) is 20.7 Å². The third kappa shape index (κ3) is 2.46. The van der Waals surface area contributed by atoms with E-state index in [1.54, 1.807) is 0 Å². The molecule has 0 aromatic carbocycles. The van der Waals surface area contributed by atoms with Gasteiger partial charge in [-0.05, 0) is 33.2 Å². The van der Waals surface area contributed by atoms with Gasteiger partial charge in [0.05, 0.1) is 6.10 Å². The van der Waals surface area contributed by atoms with E-state index in [-0.39, 0.29) is 0 Å². The highest BCUT2D eigenvalue weighted by molar-refractivity contribution is 4.73. The van der Waals surface area contributed by atoms with Crippen molar-refractivity contribution in [2.45, 2.75) is 38.3 Å². The van der Waals surface area contributed by atoms with Crippen LogP contribution in [0.25, 0.3) is 0 Å². The molecule has 0 spiro atoms. The third-order valence-electron chi connectivity index (χ3n) is 2.80. The molecule has 11 heavy (non-hydrogen) atoms. The average Bonchev–Trinajstić information content (AvgIpc) is 2.16. The average molecular weight is 157 g/mol. The standard InChI is InChI=1S/C9H19NO/c1-8-4-5-9(11-3)6-7-10(8)2/h8-9H,4-7H2,1-3H3. The highest BCUT2D eigenvalue weighted by atomic mass is 16.5. The van der Waals surface area contributed by atoms with Crippen LogP contribution in [-0.4, -0.2) is 37.7 Å². The summed E-state index contributed by atoms with van der Waals surface area (Å²) in [5.74, 6) is 0. The van der Waals surface area contributed by atoms with Crippen molar-refractivity contribution < 1.29 is 4.74 Å². The maximum absolute atomic E-state index is 5.34. The Morgan fingerprint density at radius 2 is 2.00 bits per heavy atom. The first-order valence-corrected chi connectivity index (χ1v) is 4.47. The molecule has 1 saturated heterocycles. The number of nitrogens with zero attached hydrogens (tertiary/aromatic N) is 1. The minimum Gasteiger partial charge on any atom is -0.381 e. The van der Waals surface area contributed by atoms with Crippen LogP contribution in [0.5, 0.6) is 0 Å². The maximum atomic E-state index is 5.34. The van der Waals surface area contributed by atoms with Crippen molar-refractivity contribution in [3.05, 3.63) is 0 Å². The van der Waals surface area contributed by atoms with Gasteiger partial charge in [0.2, 0.25) is 0 Å². The van der Waals surface area contributed by atoms with Crippen molar-refractivity contribution in [3.63, 3.8) is 0 Å². The molecular weight excluding hydrogens is 138 g/mol. The van der Waals surface area contributed by atoms with Gasteiger partial charge in [-0.1, -0.05) is 0 Å². The van der Waals surface area contributed by atoms with Gasteiger partial charge in [0.1, 0.15) is 0 Å². The van der Waals surface area contributed by atoms with Crippen LogP contribution in [-0.2, 0) is 4.74 Å². The lowest BCUT2D eigenvalue weighted by atomic mass is 10.1. The largest absolute Gasteiger partial charge is 0.381 e. The van der Waals surface area contributed by atoms with Gasteiger partial charge in [-0.25, -0.2) is 0 Å². The van der Waals surface area contributed by atoms with E-state index in [2.05, 4.69) is 18.9 Å². The summed E-state index contributed by atoms with van der Waals surface area (Å²) >= 11 is 0. The molecule has 1 fully saturated rings. The lowest BCUT2D eigenvalue weighted by Crippen LogP contribution is -2.28. The fraction of sp³-hybridized carbons (Fsp3) is 1.00. The molecule has 66 valence electrons. The smallest absolute Gasteiger partial charge is 0.0584 e. The van der Waals surface area contributed by atoms with E-state index < -0.39 is 0 Å². The first-order valence-electron chi connectivity index (χ1n) is 4.47. The van der Waals surface area contributed by atoms with Gasteiger partial charge in [0, 0.05) is 19.7 Å². The zero-order chi connectivity index (χ0) is 8.27. The van der Waals surface area contributed by atoms with Gasteiger partial charge >= 0.3 is 0 Å². The van der Waals surface area contributed by atoms with Crippen LogP contribution in [0.15, 0.2) is 0 Å². The Labute approximate surface area is 69.5 Å². The number of rotatable bonds is 1. The summed E-state index contributed by atoms with van der Waals surface area (Å²) in [4.78, 5) is 2.42. The van der Waals surface area contributed by atoms with E-state index in [9.17, 15) is 0 Å². The fourth-order valence-electron chi connectivity index (χ4n) is 1.60. The lowest BCUT2D eigenvalue weighted by Gasteiger charge is -2.20. The molecule has 0 aromatic heterocycles. The van der Waals surface area contributed by atoms with Crippen LogP contribution in [0.3, 0.4) is 0 Å². The van der Waals surface area contributed by atoms with E-state index in [0.717, 1.165) is 6.04 Å². The van der Waals surface area contributed by atoms with Crippen LogP contribution >= 0.6 is 0 Å². The Morgan fingerprint density at radius 3 is 2.64 bits per heavy atom. The minimum absolute atomic E-state index is 0.502. The highest BCUT2D eigenvalue weighted by Gasteiger charge is 2.18. The molecule has 2 heteroatoms. The highest BCUT2D eigenvalue weighted by Crippen LogP contribution is 2.16. The zero-order valence-electron chi connectivity index (χ0n) is 7.84. The predicted molar refractivity (Wildman–Crippen MR) is 46.7 cm³/mol. The van der Waals surface area contributed by atoms with Crippen LogP contribution in [0, 0.1) is 0 Å². The Morgan fingerprint density at radius 1 is 1.27 bits per heavy atom. The van der Waals surface area contributed by atoms with E-state index in [0.29, 0.717) is 6.10 Å². The Bertz CT molecular complexity index is 104. The quantitative estimate of drug-likeness (QED) is 0.572. The van der Waals surface area contributed by atoms with Gasteiger partial charge in [-0.2, -0.15) is 0 Å². The van der Waals surface area contributed by atoms with Crippen LogP contribution < -0.4 is 0 Å². The topological polar surface area (TPSA) is 12.5 Å². The molecule has 0 N–H and O–H groups in total. The summed E-state index contributed by atoms with van der Waals surface area (Å²) in [6, 6.07) is 0.732. The summed E-state index contributed by atoms with van der Waals surface area (Å²) in [5.41, 5.74) is 0. The van der Waals surface area contributed by atoms with Crippen molar-refractivity contribution >= 4 is 0 Å². The molecular formula is C9H19NO. The molecule has 0 amide bonds. The molecule has 2 atom stereocenters. The normalized spacial score (nSPS) is 35.2. The number of methoxy groups -OCH3 is 1. The third-order valence-corrected chi connectivity index (χ3v) is 2.80. The predicted octanol–water partition coefficient (Wildman–Crippen LogP) is 1.51. The van der Waals surface area contributed by atoms with Crippen LogP contribution in [0.1, 0.15) is 26.2 Å². The molecule has 1 rings (SSSR count). The van der Waals surface area contributed by atoms with Crippen molar-refractivity contribution in [2.24, 2.45) is 0 Å². The summed E-state index contributed by atoms with van der Waals surface area (Å²) in [6.07, 6.45) is 4.19. The summed E-state index contributed by atoms with van der Waals surface area (Å²) < 4.78 is 5.34. The molecule has 0 saturated carbocycles. The van der Waals surface area contributed by atoms with Gasteiger partial charge < -0.3 is 9.64 Å². The van der Waals surface area contributed by atoms with Gasteiger partial charge in [0.15, 0.2) is 0 Å².